The van der Waals surface area contributed by atoms with Crippen LogP contribution in [0.3, 0.4) is 0 Å². The first kappa shape index (κ1) is 12.0. The number of methoxy groups -OCH3 is 1. The fourth-order valence-electron chi connectivity index (χ4n) is 1.64. The van der Waals surface area contributed by atoms with Crippen LogP contribution in [0.1, 0.15) is 11.3 Å². The number of ether oxygens (including phenoxy) is 2. The van der Waals surface area contributed by atoms with Crippen LogP contribution in [0.4, 0.5) is 0 Å². The zero-order chi connectivity index (χ0) is 13.1. The van der Waals surface area contributed by atoms with Crippen molar-refractivity contribution in [3.63, 3.8) is 0 Å². The maximum Gasteiger partial charge on any atom is 0.235 e. The van der Waals surface area contributed by atoms with Crippen LogP contribution in [0.25, 0.3) is 0 Å². The third-order valence-corrected chi connectivity index (χ3v) is 2.56. The van der Waals surface area contributed by atoms with Gasteiger partial charge in [-0.25, -0.2) is 4.68 Å². The van der Waals surface area contributed by atoms with Gasteiger partial charge in [0.25, 0.3) is 0 Å². The van der Waals surface area contributed by atoms with E-state index >= 15 is 0 Å². The highest BCUT2D eigenvalue weighted by molar-refractivity contribution is 5.44. The summed E-state index contributed by atoms with van der Waals surface area (Å²) >= 11 is 0. The second kappa shape index (κ2) is 4.80. The highest BCUT2D eigenvalue weighted by Crippen LogP contribution is 2.27. The van der Waals surface area contributed by atoms with Gasteiger partial charge in [0.15, 0.2) is 0 Å². The van der Waals surface area contributed by atoms with Crippen molar-refractivity contribution in [2.75, 3.05) is 7.11 Å². The van der Waals surface area contributed by atoms with Crippen molar-refractivity contribution in [1.29, 1.82) is 5.26 Å². The van der Waals surface area contributed by atoms with Gasteiger partial charge in [0.2, 0.25) is 5.88 Å². The van der Waals surface area contributed by atoms with Gasteiger partial charge in [-0.3, -0.25) is 0 Å². The molecule has 0 saturated carbocycles. The molecule has 0 spiro atoms. The van der Waals surface area contributed by atoms with Crippen LogP contribution in [-0.2, 0) is 7.05 Å². The van der Waals surface area contributed by atoms with Gasteiger partial charge in [0.1, 0.15) is 23.1 Å². The summed E-state index contributed by atoms with van der Waals surface area (Å²) in [4.78, 5) is 0. The molecule has 0 N–H and O–H groups in total. The first-order valence-corrected chi connectivity index (χ1v) is 5.41. The zero-order valence-electron chi connectivity index (χ0n) is 10.5. The molecule has 5 heteroatoms. The Morgan fingerprint density at radius 2 is 1.83 bits per heavy atom. The fraction of sp³-hybridized carbons (Fsp3) is 0.231. The molecule has 0 atom stereocenters. The maximum absolute atomic E-state index is 9.07. The minimum absolute atomic E-state index is 0.445. The van der Waals surface area contributed by atoms with Gasteiger partial charge >= 0.3 is 0 Å². The lowest BCUT2D eigenvalue weighted by Crippen LogP contribution is -1.96. The van der Waals surface area contributed by atoms with Crippen LogP contribution in [0, 0.1) is 18.3 Å². The standard InChI is InChI=1S/C13H13N3O2/c1-9-12(8-14)13(16(2)15-9)18-11-6-4-10(17-3)5-7-11/h4-7H,1-3H3. The number of rotatable bonds is 3. The fourth-order valence-corrected chi connectivity index (χ4v) is 1.64. The molecule has 0 fully saturated rings. The molecule has 0 aliphatic heterocycles. The molecule has 0 saturated heterocycles. The summed E-state index contributed by atoms with van der Waals surface area (Å²) in [7, 11) is 3.35. The topological polar surface area (TPSA) is 60.1 Å². The van der Waals surface area contributed by atoms with Crippen molar-refractivity contribution >= 4 is 0 Å². The molecule has 0 aliphatic rings. The van der Waals surface area contributed by atoms with Gasteiger partial charge in [-0.05, 0) is 31.2 Å². The van der Waals surface area contributed by atoms with Crippen LogP contribution in [-0.4, -0.2) is 16.9 Å². The Hall–Kier alpha value is -2.48. The van der Waals surface area contributed by atoms with Gasteiger partial charge < -0.3 is 9.47 Å². The quantitative estimate of drug-likeness (QED) is 0.830. The molecule has 0 unspecified atom stereocenters. The summed E-state index contributed by atoms with van der Waals surface area (Å²) in [5.74, 6) is 1.83. The first-order chi connectivity index (χ1) is 8.65. The second-order valence-corrected chi connectivity index (χ2v) is 3.78. The molecule has 2 aromatic rings. The highest BCUT2D eigenvalue weighted by atomic mass is 16.5. The van der Waals surface area contributed by atoms with Gasteiger partial charge in [0.05, 0.1) is 12.8 Å². The van der Waals surface area contributed by atoms with E-state index in [1.807, 2.05) is 0 Å². The largest absolute Gasteiger partial charge is 0.497 e. The number of benzene rings is 1. The summed E-state index contributed by atoms with van der Waals surface area (Å²) in [6.45, 7) is 1.78. The van der Waals surface area contributed by atoms with E-state index in [2.05, 4.69) is 11.2 Å². The van der Waals surface area contributed by atoms with E-state index < -0.39 is 0 Å². The summed E-state index contributed by atoms with van der Waals surface area (Å²) in [5.41, 5.74) is 1.11. The van der Waals surface area contributed by atoms with E-state index in [4.69, 9.17) is 14.7 Å². The second-order valence-electron chi connectivity index (χ2n) is 3.78. The molecule has 0 amide bonds. The minimum Gasteiger partial charge on any atom is -0.497 e. The van der Waals surface area contributed by atoms with Crippen LogP contribution in [0.2, 0.25) is 0 Å². The Balaban J connectivity index is 2.31. The van der Waals surface area contributed by atoms with Crippen molar-refractivity contribution in [2.24, 2.45) is 7.05 Å². The van der Waals surface area contributed by atoms with Crippen LogP contribution < -0.4 is 9.47 Å². The Morgan fingerprint density at radius 3 is 2.39 bits per heavy atom. The molecule has 0 aliphatic carbocycles. The summed E-state index contributed by atoms with van der Waals surface area (Å²) in [6.07, 6.45) is 0. The third kappa shape index (κ3) is 2.13. The SMILES string of the molecule is COc1ccc(Oc2c(C#N)c(C)nn2C)cc1. The van der Waals surface area contributed by atoms with E-state index in [1.54, 1.807) is 50.0 Å². The number of hydrogen-bond acceptors (Lipinski definition) is 4. The van der Waals surface area contributed by atoms with Gasteiger partial charge in [0, 0.05) is 7.05 Å². The summed E-state index contributed by atoms with van der Waals surface area (Å²) < 4.78 is 12.3. The Labute approximate surface area is 105 Å². The van der Waals surface area contributed by atoms with E-state index in [-0.39, 0.29) is 0 Å². The molecule has 92 valence electrons. The van der Waals surface area contributed by atoms with Crippen LogP contribution in [0.5, 0.6) is 17.4 Å². The molecule has 0 bridgehead atoms. The molecular weight excluding hydrogens is 230 g/mol. The smallest absolute Gasteiger partial charge is 0.235 e. The maximum atomic E-state index is 9.07. The lowest BCUT2D eigenvalue weighted by Gasteiger charge is -2.06. The molecule has 18 heavy (non-hydrogen) atoms. The van der Waals surface area contributed by atoms with E-state index in [1.165, 1.54) is 0 Å². The van der Waals surface area contributed by atoms with Crippen molar-refractivity contribution in [2.45, 2.75) is 6.92 Å². The predicted octanol–water partition coefficient (Wildman–Crippen LogP) is 2.40. The average Bonchev–Trinajstić information content (AvgIpc) is 2.64. The van der Waals surface area contributed by atoms with E-state index in [9.17, 15) is 0 Å². The minimum atomic E-state index is 0.445. The summed E-state index contributed by atoms with van der Waals surface area (Å²) in [6, 6.07) is 9.25. The molecule has 1 aromatic carbocycles. The highest BCUT2D eigenvalue weighted by Gasteiger charge is 2.14. The van der Waals surface area contributed by atoms with Crippen molar-refractivity contribution in [1.82, 2.24) is 9.78 Å². The van der Waals surface area contributed by atoms with E-state index in [0.717, 1.165) is 5.75 Å². The van der Waals surface area contributed by atoms with Gasteiger partial charge in [-0.1, -0.05) is 0 Å². The molecule has 0 radical (unpaired) electrons. The first-order valence-electron chi connectivity index (χ1n) is 5.41. The van der Waals surface area contributed by atoms with Crippen molar-refractivity contribution in [3.8, 4) is 23.4 Å². The average molecular weight is 243 g/mol. The molecule has 5 nitrogen and oxygen atoms in total. The third-order valence-electron chi connectivity index (χ3n) is 2.56. The predicted molar refractivity (Wildman–Crippen MR) is 65.7 cm³/mol. The molecule has 2 rings (SSSR count). The zero-order valence-corrected chi connectivity index (χ0v) is 10.5. The Kier molecular flexibility index (Phi) is 3.20. The number of aromatic nitrogens is 2. The normalized spacial score (nSPS) is 9.89. The number of aryl methyl sites for hydroxylation is 2. The number of nitrogens with zero attached hydrogens (tertiary/aromatic N) is 3. The Bertz CT molecular complexity index is 594. The summed E-state index contributed by atoms with van der Waals surface area (Å²) in [5, 5.41) is 13.2. The van der Waals surface area contributed by atoms with Crippen molar-refractivity contribution in [3.05, 3.63) is 35.5 Å². The van der Waals surface area contributed by atoms with Crippen LogP contribution >= 0.6 is 0 Å². The lowest BCUT2D eigenvalue weighted by molar-refractivity contribution is 0.409. The van der Waals surface area contributed by atoms with Gasteiger partial charge in [-0.2, -0.15) is 10.4 Å². The molecule has 1 heterocycles. The van der Waals surface area contributed by atoms with Crippen LogP contribution in [0.15, 0.2) is 24.3 Å². The monoisotopic (exact) mass is 243 g/mol. The lowest BCUT2D eigenvalue weighted by atomic mass is 10.3. The van der Waals surface area contributed by atoms with Crippen molar-refractivity contribution < 1.29 is 9.47 Å². The molecule has 1 aromatic heterocycles. The Morgan fingerprint density at radius 1 is 1.22 bits per heavy atom. The molecular formula is C13H13N3O2. The van der Waals surface area contributed by atoms with E-state index in [0.29, 0.717) is 22.9 Å². The number of nitriles is 1. The van der Waals surface area contributed by atoms with Gasteiger partial charge in [-0.15, -0.1) is 0 Å². The number of hydrogen-bond donors (Lipinski definition) is 0.